The van der Waals surface area contributed by atoms with Gasteiger partial charge in [-0.3, -0.25) is 0 Å². The van der Waals surface area contributed by atoms with Crippen molar-refractivity contribution in [1.82, 2.24) is 19.3 Å². The Hall–Kier alpha value is -1.47. The van der Waals surface area contributed by atoms with Gasteiger partial charge in [-0.25, -0.2) is 17.7 Å². The lowest BCUT2D eigenvalue weighted by Gasteiger charge is -1.92. The third-order valence-corrected chi connectivity index (χ3v) is 2.92. The highest BCUT2D eigenvalue weighted by atomic mass is 32.2. The molecule has 0 atom stereocenters. The van der Waals surface area contributed by atoms with Crippen molar-refractivity contribution < 1.29 is 8.42 Å². The minimum atomic E-state index is -3.55. The number of rotatable bonds is 2. The van der Waals surface area contributed by atoms with Crippen molar-refractivity contribution in [3.63, 3.8) is 0 Å². The molecule has 1 N–H and O–H groups in total. The number of aromatic nitrogens is 3. The summed E-state index contributed by atoms with van der Waals surface area (Å²) in [5.41, 5.74) is 0.501. The van der Waals surface area contributed by atoms with E-state index >= 15 is 0 Å². The molecule has 0 fully saturated rings. The molecule has 0 aliphatic carbocycles. The van der Waals surface area contributed by atoms with Crippen molar-refractivity contribution in [3.05, 3.63) is 24.4 Å². The predicted octanol–water partition coefficient (Wildman–Crippen LogP) is -0.363. The number of pyridine rings is 1. The highest BCUT2D eigenvalue weighted by Gasteiger charge is 2.17. The molecule has 0 saturated carbocycles. The van der Waals surface area contributed by atoms with Gasteiger partial charge in [0.25, 0.3) is 15.2 Å². The largest absolute Gasteiger partial charge is 0.283 e. The minimum Gasteiger partial charge on any atom is -0.220 e. The summed E-state index contributed by atoms with van der Waals surface area (Å²) in [5, 5.41) is 3.59. The SMILES string of the molecule is CNS(=O)(=O)c1nc2ccccn2n1. The monoisotopic (exact) mass is 212 g/mol. The number of fused-ring (bicyclic) bond motifs is 1. The minimum absolute atomic E-state index is 0.216. The molecule has 74 valence electrons. The number of hydrogen-bond donors (Lipinski definition) is 1. The van der Waals surface area contributed by atoms with E-state index < -0.39 is 10.0 Å². The molecule has 2 aromatic heterocycles. The highest BCUT2D eigenvalue weighted by Crippen LogP contribution is 2.04. The van der Waals surface area contributed by atoms with Gasteiger partial charge in [-0.2, -0.15) is 4.98 Å². The molecule has 0 spiro atoms. The summed E-state index contributed by atoms with van der Waals surface area (Å²) in [5.74, 6) is 0. The average Bonchev–Trinajstić information content (AvgIpc) is 2.61. The summed E-state index contributed by atoms with van der Waals surface area (Å²) in [7, 11) is -2.23. The highest BCUT2D eigenvalue weighted by molar-refractivity contribution is 7.89. The third kappa shape index (κ3) is 1.36. The Balaban J connectivity index is 2.67. The summed E-state index contributed by atoms with van der Waals surface area (Å²) in [6.45, 7) is 0. The van der Waals surface area contributed by atoms with Crippen LogP contribution in [0.1, 0.15) is 0 Å². The summed E-state index contributed by atoms with van der Waals surface area (Å²) in [4.78, 5) is 3.86. The van der Waals surface area contributed by atoms with Gasteiger partial charge in [-0.15, -0.1) is 5.10 Å². The van der Waals surface area contributed by atoms with Crippen LogP contribution >= 0.6 is 0 Å². The number of nitrogens with one attached hydrogen (secondary N) is 1. The molecule has 0 saturated heterocycles. The second-order valence-electron chi connectivity index (χ2n) is 2.61. The molecule has 2 heterocycles. The number of hydrogen-bond acceptors (Lipinski definition) is 4. The van der Waals surface area contributed by atoms with Gasteiger partial charge in [0.15, 0.2) is 5.65 Å². The van der Waals surface area contributed by atoms with E-state index in [-0.39, 0.29) is 5.16 Å². The molecule has 0 aliphatic rings. The third-order valence-electron chi connectivity index (χ3n) is 1.73. The maximum Gasteiger partial charge on any atom is 0.283 e. The molecule has 2 rings (SSSR count). The van der Waals surface area contributed by atoms with Crippen molar-refractivity contribution >= 4 is 15.7 Å². The van der Waals surface area contributed by atoms with E-state index in [1.165, 1.54) is 11.6 Å². The first-order chi connectivity index (χ1) is 6.63. The summed E-state index contributed by atoms with van der Waals surface area (Å²) >= 11 is 0. The Labute approximate surface area is 80.6 Å². The van der Waals surface area contributed by atoms with E-state index in [1.54, 1.807) is 24.4 Å². The second kappa shape index (κ2) is 3.03. The molecule has 7 heteroatoms. The summed E-state index contributed by atoms with van der Waals surface area (Å²) < 4.78 is 26.2. The van der Waals surface area contributed by atoms with Crippen LogP contribution in [-0.2, 0) is 10.0 Å². The van der Waals surface area contributed by atoms with Crippen molar-refractivity contribution in [3.8, 4) is 0 Å². The molecule has 0 aromatic carbocycles. The normalized spacial score (nSPS) is 12.1. The van der Waals surface area contributed by atoms with Crippen LogP contribution in [0, 0.1) is 0 Å². The van der Waals surface area contributed by atoms with Crippen LogP contribution in [0.3, 0.4) is 0 Å². The van der Waals surface area contributed by atoms with Gasteiger partial charge in [-0.1, -0.05) is 6.07 Å². The molecule has 14 heavy (non-hydrogen) atoms. The fourth-order valence-electron chi connectivity index (χ4n) is 1.02. The van der Waals surface area contributed by atoms with E-state index in [2.05, 4.69) is 14.8 Å². The molecule has 6 nitrogen and oxygen atoms in total. The van der Waals surface area contributed by atoms with E-state index in [9.17, 15) is 8.42 Å². The fourth-order valence-corrected chi connectivity index (χ4v) is 1.61. The molecular weight excluding hydrogens is 204 g/mol. The van der Waals surface area contributed by atoms with Crippen molar-refractivity contribution in [2.24, 2.45) is 0 Å². The zero-order valence-electron chi connectivity index (χ0n) is 7.38. The van der Waals surface area contributed by atoms with Crippen LogP contribution in [0.25, 0.3) is 5.65 Å². The van der Waals surface area contributed by atoms with E-state index in [0.29, 0.717) is 5.65 Å². The van der Waals surface area contributed by atoms with Gasteiger partial charge >= 0.3 is 0 Å². The van der Waals surface area contributed by atoms with Gasteiger partial charge in [-0.05, 0) is 19.2 Å². The lowest BCUT2D eigenvalue weighted by Crippen LogP contribution is -2.20. The van der Waals surface area contributed by atoms with Crippen LogP contribution in [-0.4, -0.2) is 30.1 Å². The maximum absolute atomic E-state index is 11.3. The average molecular weight is 212 g/mol. The van der Waals surface area contributed by atoms with E-state index in [0.717, 1.165) is 0 Å². The fraction of sp³-hybridized carbons (Fsp3) is 0.143. The maximum atomic E-state index is 11.3. The van der Waals surface area contributed by atoms with Gasteiger partial charge < -0.3 is 0 Å². The van der Waals surface area contributed by atoms with Gasteiger partial charge in [0.2, 0.25) is 0 Å². The van der Waals surface area contributed by atoms with Crippen LogP contribution < -0.4 is 4.72 Å². The lowest BCUT2D eigenvalue weighted by molar-refractivity contribution is 0.579. The summed E-state index contributed by atoms with van der Waals surface area (Å²) in [6, 6.07) is 5.19. The zero-order valence-corrected chi connectivity index (χ0v) is 8.19. The van der Waals surface area contributed by atoms with E-state index in [1.807, 2.05) is 0 Å². The van der Waals surface area contributed by atoms with Crippen molar-refractivity contribution in [1.29, 1.82) is 0 Å². The number of sulfonamides is 1. The van der Waals surface area contributed by atoms with Crippen molar-refractivity contribution in [2.75, 3.05) is 7.05 Å². The topological polar surface area (TPSA) is 76.4 Å². The Bertz CT molecular complexity index is 527. The molecule has 0 amide bonds. The molecule has 0 bridgehead atoms. The first-order valence-corrected chi connectivity index (χ1v) is 5.37. The number of nitrogens with zero attached hydrogens (tertiary/aromatic N) is 3. The van der Waals surface area contributed by atoms with Crippen molar-refractivity contribution in [2.45, 2.75) is 5.16 Å². The Morgan fingerprint density at radius 2 is 2.21 bits per heavy atom. The molecule has 2 aromatic rings. The summed E-state index contributed by atoms with van der Waals surface area (Å²) in [6.07, 6.45) is 1.64. The van der Waals surface area contributed by atoms with Crippen LogP contribution in [0.5, 0.6) is 0 Å². The van der Waals surface area contributed by atoms with Gasteiger partial charge in [0.1, 0.15) is 0 Å². The van der Waals surface area contributed by atoms with Crippen LogP contribution in [0.15, 0.2) is 29.6 Å². The van der Waals surface area contributed by atoms with Gasteiger partial charge in [0.05, 0.1) is 0 Å². The van der Waals surface area contributed by atoms with E-state index in [4.69, 9.17) is 0 Å². The van der Waals surface area contributed by atoms with Crippen LogP contribution in [0.2, 0.25) is 0 Å². The first-order valence-electron chi connectivity index (χ1n) is 3.88. The second-order valence-corrected chi connectivity index (χ2v) is 4.39. The quantitative estimate of drug-likeness (QED) is 0.737. The first kappa shape index (κ1) is 9.10. The molecule has 0 radical (unpaired) electrons. The molecule has 0 unspecified atom stereocenters. The molecule has 0 aliphatic heterocycles. The predicted molar refractivity (Wildman–Crippen MR) is 49.2 cm³/mol. The standard InChI is InChI=1S/C7H8N4O2S/c1-8-14(12,13)7-9-6-4-2-3-5-11(6)10-7/h2-5,8H,1H3. The smallest absolute Gasteiger partial charge is 0.220 e. The Morgan fingerprint density at radius 3 is 2.86 bits per heavy atom. The van der Waals surface area contributed by atoms with Gasteiger partial charge in [0, 0.05) is 6.20 Å². The Morgan fingerprint density at radius 1 is 1.43 bits per heavy atom. The molecular formula is C7H8N4O2S. The zero-order chi connectivity index (χ0) is 10.2. The lowest BCUT2D eigenvalue weighted by atomic mass is 10.5. The van der Waals surface area contributed by atoms with Crippen LogP contribution in [0.4, 0.5) is 0 Å². The Kier molecular flexibility index (Phi) is 1.97.